The largest absolute Gasteiger partial charge is 0.504 e. The number of H-pyrrole nitrogens is 2. The molecule has 0 aliphatic rings. The molecule has 0 unspecified atom stereocenters. The van der Waals surface area contributed by atoms with Gasteiger partial charge in [-0.2, -0.15) is 0 Å². The van der Waals surface area contributed by atoms with E-state index in [1.54, 1.807) is 53.8 Å². The number of nitrogens with zero attached hydrogens (tertiary/aromatic N) is 6. The molecule has 6 N–H and O–H groups in total. The van der Waals surface area contributed by atoms with Crippen LogP contribution >= 0.6 is 22.7 Å². The van der Waals surface area contributed by atoms with Gasteiger partial charge in [0.25, 0.3) is 0 Å². The Morgan fingerprint density at radius 1 is 0.609 bits per heavy atom. The first-order valence-electron chi connectivity index (χ1n) is 19.8. The zero-order chi connectivity index (χ0) is 43.7. The Labute approximate surface area is 377 Å². The number of phenols is 1. The molecule has 17 heteroatoms. The highest BCUT2D eigenvalue weighted by atomic mass is 32.1. The molecule has 0 saturated carbocycles. The zero-order valence-corrected chi connectivity index (χ0v) is 36.5. The zero-order valence-electron chi connectivity index (χ0n) is 34.8. The molecule has 0 fully saturated rings. The van der Waals surface area contributed by atoms with Crippen LogP contribution in [0.2, 0.25) is 0 Å². The SMILES string of the molecule is C.COc1cc2c(Nc3ccc4cc[nH]c4c3)ncnc2cc1O.COc1cc2c(Nc3ccc4cc[nH]c4c3)ncnc2cc1OCCc1scnc1C.Cc1ncsc1CCO. The fourth-order valence-electron chi connectivity index (χ4n) is 6.78. The fraction of sp³-hybridized carbons (Fsp3) is 0.191. The summed E-state index contributed by atoms with van der Waals surface area (Å²) in [6.07, 6.45) is 8.39. The number of methoxy groups -OCH3 is 2. The number of thiazole rings is 2. The van der Waals surface area contributed by atoms with Gasteiger partial charge in [0.2, 0.25) is 0 Å². The van der Waals surface area contributed by atoms with Gasteiger partial charge in [-0.3, -0.25) is 0 Å². The Hall–Kier alpha value is -7.34. The highest BCUT2D eigenvalue weighted by Gasteiger charge is 2.14. The highest BCUT2D eigenvalue weighted by molar-refractivity contribution is 7.10. The van der Waals surface area contributed by atoms with Crippen LogP contribution in [0.1, 0.15) is 28.6 Å². The number of aromatic amines is 2. The molecular formula is C47H48N10O5S2. The van der Waals surface area contributed by atoms with E-state index < -0.39 is 0 Å². The van der Waals surface area contributed by atoms with Crippen molar-refractivity contribution in [1.29, 1.82) is 0 Å². The van der Waals surface area contributed by atoms with E-state index in [1.807, 2.05) is 80.3 Å². The van der Waals surface area contributed by atoms with Gasteiger partial charge in [-0.25, -0.2) is 29.9 Å². The summed E-state index contributed by atoms with van der Waals surface area (Å²) >= 11 is 3.25. The maximum absolute atomic E-state index is 9.87. The van der Waals surface area contributed by atoms with Crippen LogP contribution in [0, 0.1) is 13.8 Å². The smallest absolute Gasteiger partial charge is 0.163 e. The van der Waals surface area contributed by atoms with Gasteiger partial charge < -0.3 is 45.0 Å². The van der Waals surface area contributed by atoms with E-state index in [1.165, 1.54) is 23.2 Å². The van der Waals surface area contributed by atoms with Crippen LogP contribution in [0.4, 0.5) is 23.0 Å². The molecule has 328 valence electrons. The lowest BCUT2D eigenvalue weighted by atomic mass is 10.2. The lowest BCUT2D eigenvalue weighted by molar-refractivity contribution is 0.299. The number of nitrogens with one attached hydrogen (secondary N) is 4. The Morgan fingerprint density at radius 3 is 1.66 bits per heavy atom. The molecule has 0 aliphatic carbocycles. The van der Waals surface area contributed by atoms with Crippen molar-refractivity contribution in [2.75, 3.05) is 38.1 Å². The number of rotatable bonds is 12. The molecule has 10 rings (SSSR count). The number of aliphatic hydroxyl groups is 1. The van der Waals surface area contributed by atoms with Crippen LogP contribution < -0.4 is 24.8 Å². The molecule has 10 aromatic rings. The van der Waals surface area contributed by atoms with Crippen LogP contribution in [0.25, 0.3) is 43.6 Å². The Kier molecular flexibility index (Phi) is 14.5. The fourth-order valence-corrected chi connectivity index (χ4v) is 8.32. The average Bonchev–Trinajstić information content (AvgIpc) is 4.13. The van der Waals surface area contributed by atoms with Crippen LogP contribution in [0.15, 0.2) is 109 Å². The number of hydrogen-bond acceptors (Lipinski definition) is 15. The van der Waals surface area contributed by atoms with Crippen molar-refractivity contribution < 1.29 is 24.4 Å². The summed E-state index contributed by atoms with van der Waals surface area (Å²) in [7, 11) is 3.15. The summed E-state index contributed by atoms with van der Waals surface area (Å²) < 4.78 is 16.8. The van der Waals surface area contributed by atoms with Gasteiger partial charge in [0.1, 0.15) is 24.3 Å². The normalized spacial score (nSPS) is 10.8. The number of aliphatic hydroxyl groups excluding tert-OH is 1. The van der Waals surface area contributed by atoms with Crippen LogP contribution in [0.5, 0.6) is 23.0 Å². The topological polar surface area (TPSA) is 201 Å². The van der Waals surface area contributed by atoms with Crippen LogP contribution in [-0.2, 0) is 12.8 Å². The minimum Gasteiger partial charge on any atom is -0.504 e. The van der Waals surface area contributed by atoms with E-state index in [-0.39, 0.29) is 19.8 Å². The van der Waals surface area contributed by atoms with Crippen molar-refractivity contribution >= 4 is 89.3 Å². The predicted octanol–water partition coefficient (Wildman–Crippen LogP) is 10.4. The van der Waals surface area contributed by atoms with E-state index >= 15 is 0 Å². The summed E-state index contributed by atoms with van der Waals surface area (Å²) in [5.41, 5.74) is 11.2. The molecule has 0 spiro atoms. The van der Waals surface area contributed by atoms with Gasteiger partial charge in [-0.15, -0.1) is 22.7 Å². The summed E-state index contributed by atoms with van der Waals surface area (Å²) in [6.45, 7) is 4.74. The second-order valence-electron chi connectivity index (χ2n) is 14.1. The Balaban J connectivity index is 0.000000163. The van der Waals surface area contributed by atoms with E-state index in [0.717, 1.165) is 73.7 Å². The molecule has 64 heavy (non-hydrogen) atoms. The molecule has 0 aliphatic heterocycles. The molecule has 6 aromatic heterocycles. The molecule has 0 amide bonds. The first kappa shape index (κ1) is 44.7. The molecule has 15 nitrogen and oxygen atoms in total. The molecular weight excluding hydrogens is 849 g/mol. The third-order valence-corrected chi connectivity index (χ3v) is 12.1. The van der Waals surface area contributed by atoms with Gasteiger partial charge in [0, 0.05) is 86.9 Å². The second kappa shape index (κ2) is 20.7. The summed E-state index contributed by atoms with van der Waals surface area (Å²) in [6, 6.07) is 23.3. The van der Waals surface area contributed by atoms with Crippen molar-refractivity contribution in [1.82, 2.24) is 39.9 Å². The van der Waals surface area contributed by atoms with E-state index in [2.05, 4.69) is 62.6 Å². The number of benzene rings is 4. The highest BCUT2D eigenvalue weighted by Crippen LogP contribution is 2.36. The minimum absolute atomic E-state index is 0. The number of aromatic nitrogens is 8. The van der Waals surface area contributed by atoms with Crippen LogP contribution in [0.3, 0.4) is 0 Å². The molecule has 0 bridgehead atoms. The molecule has 4 aromatic carbocycles. The maximum atomic E-state index is 9.87. The van der Waals surface area contributed by atoms with Gasteiger partial charge in [-0.1, -0.05) is 19.6 Å². The van der Waals surface area contributed by atoms with E-state index in [4.69, 9.17) is 19.3 Å². The summed E-state index contributed by atoms with van der Waals surface area (Å²) in [4.78, 5) is 34.5. The second-order valence-corrected chi connectivity index (χ2v) is 16.0. The first-order valence-corrected chi connectivity index (χ1v) is 21.6. The van der Waals surface area contributed by atoms with Crippen molar-refractivity contribution in [2.45, 2.75) is 34.1 Å². The summed E-state index contributed by atoms with van der Waals surface area (Å²) in [5.74, 6) is 3.11. The van der Waals surface area contributed by atoms with E-state index in [0.29, 0.717) is 41.0 Å². The number of fused-ring (bicyclic) bond motifs is 4. The number of phenolic OH excluding ortho intramolecular Hbond substituents is 1. The van der Waals surface area contributed by atoms with Gasteiger partial charge in [-0.05, 0) is 73.2 Å². The predicted molar refractivity (Wildman–Crippen MR) is 257 cm³/mol. The molecule has 6 heterocycles. The van der Waals surface area contributed by atoms with E-state index in [9.17, 15) is 5.11 Å². The third kappa shape index (κ3) is 10.3. The standard InChI is InChI=1S/C23H21N5O2S.C17H14N4O2.C6H9NOS.CH4/c1-14-22(31-13-27-14)6-8-30-21-11-19-17(10-20(21)29-2)23(26-12-25-19)28-16-4-3-15-5-7-24-18(15)9-16;1-23-16-7-12-14(8-15(16)22)19-9-20-17(12)21-11-3-2-10-4-5-18-13(10)6-11;1-5-6(2-3-8)9-4-7-5;/h3-5,7,9-13,24H,6,8H2,1-2H3,(H,25,26,28);2-9,18,22H,1H3,(H,19,20,21);4,8H,2-3H2,1H3;1H4. The Bertz CT molecular complexity index is 3130. The van der Waals surface area contributed by atoms with Gasteiger partial charge in [0.05, 0.1) is 54.3 Å². The van der Waals surface area contributed by atoms with Gasteiger partial charge in [0.15, 0.2) is 23.0 Å². The lowest BCUT2D eigenvalue weighted by Gasteiger charge is -2.14. The number of aromatic hydroxyl groups is 1. The number of ether oxygens (including phenoxy) is 3. The quantitative estimate of drug-likeness (QED) is 0.0677. The van der Waals surface area contributed by atoms with Crippen molar-refractivity contribution in [3.05, 3.63) is 130 Å². The summed E-state index contributed by atoms with van der Waals surface area (Å²) in [5, 5.41) is 29.0. The minimum atomic E-state index is 0. The monoisotopic (exact) mass is 896 g/mol. The maximum Gasteiger partial charge on any atom is 0.163 e. The van der Waals surface area contributed by atoms with Crippen molar-refractivity contribution in [3.63, 3.8) is 0 Å². The number of aryl methyl sites for hydroxylation is 2. The third-order valence-electron chi connectivity index (χ3n) is 10.1. The lowest BCUT2D eigenvalue weighted by Crippen LogP contribution is -2.03. The molecule has 0 radical (unpaired) electrons. The van der Waals surface area contributed by atoms with Gasteiger partial charge >= 0.3 is 0 Å². The van der Waals surface area contributed by atoms with Crippen LogP contribution in [-0.4, -0.2) is 77.5 Å². The van der Waals surface area contributed by atoms with Crippen molar-refractivity contribution in [2.24, 2.45) is 0 Å². The average molecular weight is 897 g/mol. The number of anilines is 4. The van der Waals surface area contributed by atoms with Crippen molar-refractivity contribution in [3.8, 4) is 23.0 Å². The Morgan fingerprint density at radius 2 is 1.14 bits per heavy atom. The number of hydrogen-bond donors (Lipinski definition) is 6. The first-order chi connectivity index (χ1) is 30.8. The molecule has 0 atom stereocenters. The molecule has 0 saturated heterocycles.